The quantitative estimate of drug-likeness (QED) is 0.762. The third-order valence-corrected chi connectivity index (χ3v) is 5.71. The monoisotopic (exact) mass is 417 g/mol. The van der Waals surface area contributed by atoms with Crippen molar-refractivity contribution in [2.45, 2.75) is 11.8 Å². The number of carbonyl (C=O) groups excluding carboxylic acids is 1. The Hall–Kier alpha value is -1.57. The van der Waals surface area contributed by atoms with Crippen molar-refractivity contribution < 1.29 is 17.9 Å². The Bertz CT molecular complexity index is 868. The number of ether oxygens (including phenoxy) is 1. The minimum Gasteiger partial charge on any atom is -0.465 e. The molecule has 8 heteroatoms. The summed E-state index contributed by atoms with van der Waals surface area (Å²) in [5, 5.41) is 0.379. The fourth-order valence-corrected chi connectivity index (χ4v) is 3.37. The summed E-state index contributed by atoms with van der Waals surface area (Å²) in [6.07, 6.45) is 0. The summed E-state index contributed by atoms with van der Waals surface area (Å²) in [6.45, 7) is 1.70. The lowest BCUT2D eigenvalue weighted by molar-refractivity contribution is 0.0599. The first-order valence-corrected chi connectivity index (χ1v) is 9.07. The highest BCUT2D eigenvalue weighted by Gasteiger charge is 2.19. The molecule has 0 heterocycles. The van der Waals surface area contributed by atoms with Crippen LogP contribution in [0.2, 0.25) is 5.02 Å². The van der Waals surface area contributed by atoms with Gasteiger partial charge in [-0.25, -0.2) is 13.2 Å². The van der Waals surface area contributed by atoms with E-state index >= 15 is 0 Å². The number of sulfonamides is 1. The first-order chi connectivity index (χ1) is 10.7. The number of esters is 1. The Morgan fingerprint density at radius 3 is 2.52 bits per heavy atom. The summed E-state index contributed by atoms with van der Waals surface area (Å²) < 4.78 is 32.6. The molecule has 122 valence electrons. The number of methoxy groups -OCH3 is 1. The van der Waals surface area contributed by atoms with Gasteiger partial charge in [-0.1, -0.05) is 17.7 Å². The number of rotatable bonds is 4. The van der Waals surface area contributed by atoms with E-state index in [0.717, 1.165) is 0 Å². The third-order valence-electron chi connectivity index (χ3n) is 3.10. The predicted molar refractivity (Wildman–Crippen MR) is 92.5 cm³/mol. The van der Waals surface area contributed by atoms with Gasteiger partial charge in [0.2, 0.25) is 0 Å². The van der Waals surface area contributed by atoms with Gasteiger partial charge in [0.25, 0.3) is 10.0 Å². The Morgan fingerprint density at radius 1 is 1.22 bits per heavy atom. The standard InChI is InChI=1S/C15H13BrClNO4S/c1-9-3-5-11(8-12(9)15(19)22-2)23(20,21)18-10-4-6-13(16)14(17)7-10/h3-8,18H,1-2H3. The molecule has 2 aromatic rings. The van der Waals surface area contributed by atoms with Gasteiger partial charge < -0.3 is 4.74 Å². The zero-order valence-corrected chi connectivity index (χ0v) is 15.4. The van der Waals surface area contributed by atoms with Crippen LogP contribution >= 0.6 is 27.5 Å². The van der Waals surface area contributed by atoms with Crippen LogP contribution in [0.1, 0.15) is 15.9 Å². The maximum atomic E-state index is 12.5. The minimum atomic E-state index is -3.86. The molecule has 0 aliphatic heterocycles. The van der Waals surface area contributed by atoms with Gasteiger partial charge >= 0.3 is 5.97 Å². The SMILES string of the molecule is COC(=O)c1cc(S(=O)(=O)Nc2ccc(Br)c(Cl)c2)ccc1C. The van der Waals surface area contributed by atoms with Crippen molar-refractivity contribution in [2.24, 2.45) is 0 Å². The second-order valence-corrected chi connectivity index (χ2v) is 7.65. The second kappa shape index (κ2) is 6.90. The molecule has 23 heavy (non-hydrogen) atoms. The summed E-state index contributed by atoms with van der Waals surface area (Å²) in [4.78, 5) is 11.7. The van der Waals surface area contributed by atoms with E-state index in [9.17, 15) is 13.2 Å². The fraction of sp³-hybridized carbons (Fsp3) is 0.133. The summed E-state index contributed by atoms with van der Waals surface area (Å²) >= 11 is 9.19. The lowest BCUT2D eigenvalue weighted by Crippen LogP contribution is -2.14. The van der Waals surface area contributed by atoms with E-state index in [1.54, 1.807) is 25.1 Å². The highest BCUT2D eigenvalue weighted by molar-refractivity contribution is 9.10. The Kier molecular flexibility index (Phi) is 5.33. The van der Waals surface area contributed by atoms with Crippen LogP contribution in [-0.4, -0.2) is 21.5 Å². The molecule has 0 atom stereocenters. The van der Waals surface area contributed by atoms with Crippen molar-refractivity contribution in [3.8, 4) is 0 Å². The van der Waals surface area contributed by atoms with E-state index in [1.165, 1.54) is 25.3 Å². The largest absolute Gasteiger partial charge is 0.465 e. The maximum absolute atomic E-state index is 12.5. The van der Waals surface area contributed by atoms with E-state index < -0.39 is 16.0 Å². The van der Waals surface area contributed by atoms with Gasteiger partial charge in [0, 0.05) is 4.47 Å². The van der Waals surface area contributed by atoms with Crippen molar-refractivity contribution in [3.63, 3.8) is 0 Å². The average molecular weight is 419 g/mol. The number of hydrogen-bond donors (Lipinski definition) is 1. The summed E-state index contributed by atoms with van der Waals surface area (Å²) in [5.74, 6) is -0.591. The normalized spacial score (nSPS) is 11.1. The molecule has 0 spiro atoms. The van der Waals surface area contributed by atoms with Gasteiger partial charge in [0.1, 0.15) is 0 Å². The smallest absolute Gasteiger partial charge is 0.338 e. The summed E-state index contributed by atoms with van der Waals surface area (Å²) in [5.41, 5.74) is 1.14. The van der Waals surface area contributed by atoms with E-state index in [2.05, 4.69) is 25.4 Å². The molecule has 0 bridgehead atoms. The first kappa shape index (κ1) is 17.8. The van der Waals surface area contributed by atoms with Gasteiger partial charge in [-0.2, -0.15) is 0 Å². The number of hydrogen-bond acceptors (Lipinski definition) is 4. The maximum Gasteiger partial charge on any atom is 0.338 e. The van der Waals surface area contributed by atoms with Crippen LogP contribution in [0, 0.1) is 6.92 Å². The molecule has 0 radical (unpaired) electrons. The lowest BCUT2D eigenvalue weighted by Gasteiger charge is -2.11. The molecule has 2 aromatic carbocycles. The minimum absolute atomic E-state index is 0.0393. The zero-order valence-electron chi connectivity index (χ0n) is 12.3. The Morgan fingerprint density at radius 2 is 1.91 bits per heavy atom. The molecule has 0 aromatic heterocycles. The number of anilines is 1. The van der Waals surface area contributed by atoms with Crippen LogP contribution in [0.5, 0.6) is 0 Å². The number of benzene rings is 2. The Balaban J connectivity index is 2.39. The molecule has 2 rings (SSSR count). The summed E-state index contributed by atoms with van der Waals surface area (Å²) in [7, 11) is -2.61. The van der Waals surface area contributed by atoms with Gasteiger partial charge in [0.15, 0.2) is 0 Å². The van der Waals surface area contributed by atoms with Gasteiger partial charge in [0.05, 0.1) is 28.3 Å². The van der Waals surface area contributed by atoms with Gasteiger partial charge in [-0.05, 0) is 58.7 Å². The molecule has 1 N–H and O–H groups in total. The van der Waals surface area contributed by atoms with Crippen molar-refractivity contribution >= 4 is 49.2 Å². The average Bonchev–Trinajstić information content (AvgIpc) is 2.50. The molecule has 0 fully saturated rings. The van der Waals surface area contributed by atoms with E-state index in [1.807, 2.05) is 0 Å². The highest BCUT2D eigenvalue weighted by Crippen LogP contribution is 2.27. The molecule has 0 aliphatic rings. The van der Waals surface area contributed by atoms with Gasteiger partial charge in [-0.15, -0.1) is 0 Å². The van der Waals surface area contributed by atoms with Crippen molar-refractivity contribution in [2.75, 3.05) is 11.8 Å². The van der Waals surface area contributed by atoms with E-state index in [-0.39, 0.29) is 10.5 Å². The van der Waals surface area contributed by atoms with Crippen LogP contribution in [0.15, 0.2) is 45.8 Å². The van der Waals surface area contributed by atoms with Crippen LogP contribution in [0.4, 0.5) is 5.69 Å². The number of halogens is 2. The molecule has 0 unspecified atom stereocenters. The molecule has 5 nitrogen and oxygen atoms in total. The first-order valence-electron chi connectivity index (χ1n) is 6.41. The van der Waals surface area contributed by atoms with Crippen LogP contribution in [-0.2, 0) is 14.8 Å². The molecular weight excluding hydrogens is 406 g/mol. The molecule has 0 aliphatic carbocycles. The van der Waals surface area contributed by atoms with Crippen LogP contribution in [0.3, 0.4) is 0 Å². The van der Waals surface area contributed by atoms with Crippen molar-refractivity contribution in [1.82, 2.24) is 0 Å². The molecular formula is C15H13BrClNO4S. The predicted octanol–water partition coefficient (Wildman–Crippen LogP) is 4.00. The topological polar surface area (TPSA) is 72.5 Å². The molecule has 0 saturated carbocycles. The highest BCUT2D eigenvalue weighted by atomic mass is 79.9. The zero-order chi connectivity index (χ0) is 17.2. The van der Waals surface area contributed by atoms with Gasteiger partial charge in [-0.3, -0.25) is 4.72 Å². The number of nitrogens with one attached hydrogen (secondary N) is 1. The number of aryl methyl sites for hydroxylation is 1. The molecule has 0 saturated heterocycles. The number of carbonyl (C=O) groups is 1. The lowest BCUT2D eigenvalue weighted by atomic mass is 10.1. The van der Waals surface area contributed by atoms with Crippen LogP contribution in [0.25, 0.3) is 0 Å². The molecule has 0 amide bonds. The third kappa shape index (κ3) is 4.04. The fourth-order valence-electron chi connectivity index (χ4n) is 1.87. The van der Waals surface area contributed by atoms with E-state index in [0.29, 0.717) is 20.7 Å². The van der Waals surface area contributed by atoms with Crippen molar-refractivity contribution in [1.29, 1.82) is 0 Å². The Labute approximate surface area is 147 Å². The van der Waals surface area contributed by atoms with Crippen LogP contribution < -0.4 is 4.72 Å². The second-order valence-electron chi connectivity index (χ2n) is 4.70. The summed E-state index contributed by atoms with van der Waals surface area (Å²) in [6, 6.07) is 8.95. The van der Waals surface area contributed by atoms with E-state index in [4.69, 9.17) is 11.6 Å². The van der Waals surface area contributed by atoms with Crippen molar-refractivity contribution in [3.05, 3.63) is 57.0 Å².